The van der Waals surface area contributed by atoms with Crippen LogP contribution in [0.3, 0.4) is 0 Å². The van der Waals surface area contributed by atoms with Gasteiger partial charge in [-0.15, -0.1) is 0 Å². The third-order valence-electron chi connectivity index (χ3n) is 5.50. The molecule has 1 aliphatic rings. The SMILES string of the molecule is Cc1cccc(-c2nccc(Nc3ccnc(Nc4cccc(NC(=O)C5CCNC5)c4)n3)n2)n1. The molecule has 4 heterocycles. The summed E-state index contributed by atoms with van der Waals surface area (Å²) < 4.78 is 0. The Labute approximate surface area is 202 Å². The molecule has 1 unspecified atom stereocenters. The Morgan fingerprint density at radius 3 is 2.54 bits per heavy atom. The summed E-state index contributed by atoms with van der Waals surface area (Å²) in [5.41, 5.74) is 3.09. The molecule has 10 nitrogen and oxygen atoms in total. The first kappa shape index (κ1) is 22.4. The van der Waals surface area contributed by atoms with Crippen LogP contribution in [-0.4, -0.2) is 43.9 Å². The highest BCUT2D eigenvalue weighted by atomic mass is 16.1. The standard InChI is InChI=1S/C25H25N9O/c1-16-4-2-7-20(29-16)23-27-12-9-21(33-23)32-22-10-13-28-25(34-22)31-19-6-3-5-18(14-19)30-24(35)17-8-11-26-15-17/h2-7,9-10,12-14,17,26H,8,11,15H2,1H3,(H,30,35)(H2,27,28,31,32,33,34). The fraction of sp³-hybridized carbons (Fsp3) is 0.200. The zero-order valence-electron chi connectivity index (χ0n) is 19.2. The topological polar surface area (TPSA) is 130 Å². The van der Waals surface area contributed by atoms with Gasteiger partial charge in [0.2, 0.25) is 11.9 Å². The molecule has 3 aromatic heterocycles. The molecule has 1 amide bonds. The van der Waals surface area contributed by atoms with Crippen LogP contribution in [0.25, 0.3) is 11.5 Å². The molecule has 10 heteroatoms. The van der Waals surface area contributed by atoms with Gasteiger partial charge in [0.05, 0.1) is 5.92 Å². The first-order valence-corrected chi connectivity index (χ1v) is 11.4. The van der Waals surface area contributed by atoms with Gasteiger partial charge in [-0.05, 0) is 62.4 Å². The predicted octanol–water partition coefficient (Wildman–Crippen LogP) is 3.67. The summed E-state index contributed by atoms with van der Waals surface area (Å²) >= 11 is 0. The molecule has 1 aromatic carbocycles. The van der Waals surface area contributed by atoms with Gasteiger partial charge < -0.3 is 21.3 Å². The smallest absolute Gasteiger partial charge is 0.229 e. The van der Waals surface area contributed by atoms with Crippen molar-refractivity contribution in [2.75, 3.05) is 29.0 Å². The molecule has 1 atom stereocenters. The van der Waals surface area contributed by atoms with E-state index in [-0.39, 0.29) is 11.8 Å². The Bertz CT molecular complexity index is 1340. The molecular formula is C25H25N9O. The number of aryl methyl sites for hydroxylation is 1. The van der Waals surface area contributed by atoms with Crippen LogP contribution >= 0.6 is 0 Å². The second-order valence-electron chi connectivity index (χ2n) is 8.20. The molecule has 0 bridgehead atoms. The summed E-state index contributed by atoms with van der Waals surface area (Å²) in [6.45, 7) is 3.52. The number of aromatic nitrogens is 5. The summed E-state index contributed by atoms with van der Waals surface area (Å²) in [4.78, 5) is 34.6. The minimum absolute atomic E-state index is 0.00159. The number of benzene rings is 1. The summed E-state index contributed by atoms with van der Waals surface area (Å²) in [5.74, 6) is 2.13. The van der Waals surface area contributed by atoms with E-state index in [0.29, 0.717) is 35.6 Å². The van der Waals surface area contributed by atoms with Crippen LogP contribution in [0.2, 0.25) is 0 Å². The van der Waals surface area contributed by atoms with E-state index in [1.807, 2.05) is 49.4 Å². The highest BCUT2D eigenvalue weighted by Gasteiger charge is 2.22. The second kappa shape index (κ2) is 10.2. The average Bonchev–Trinajstić information content (AvgIpc) is 3.40. The summed E-state index contributed by atoms with van der Waals surface area (Å²) in [6, 6.07) is 16.7. The molecule has 35 heavy (non-hydrogen) atoms. The van der Waals surface area contributed by atoms with Crippen LogP contribution in [0.4, 0.5) is 29.0 Å². The number of amides is 1. The van der Waals surface area contributed by atoms with Crippen molar-refractivity contribution in [2.24, 2.45) is 5.92 Å². The summed E-state index contributed by atoms with van der Waals surface area (Å²) in [5, 5.41) is 12.6. The van der Waals surface area contributed by atoms with E-state index in [2.05, 4.69) is 46.2 Å². The number of carbonyl (C=O) groups excluding carboxylic acids is 1. The van der Waals surface area contributed by atoms with Crippen LogP contribution in [0.5, 0.6) is 0 Å². The lowest BCUT2D eigenvalue weighted by atomic mass is 10.1. The molecule has 1 fully saturated rings. The maximum absolute atomic E-state index is 12.4. The Morgan fingerprint density at radius 1 is 0.914 bits per heavy atom. The van der Waals surface area contributed by atoms with Crippen LogP contribution in [0.1, 0.15) is 12.1 Å². The van der Waals surface area contributed by atoms with Crippen molar-refractivity contribution < 1.29 is 4.79 Å². The zero-order chi connectivity index (χ0) is 24.0. The van der Waals surface area contributed by atoms with E-state index in [0.717, 1.165) is 30.0 Å². The van der Waals surface area contributed by atoms with Crippen molar-refractivity contribution >= 4 is 34.9 Å². The first-order chi connectivity index (χ1) is 17.1. The van der Waals surface area contributed by atoms with Gasteiger partial charge in [-0.2, -0.15) is 4.98 Å². The van der Waals surface area contributed by atoms with Gasteiger partial charge in [0.25, 0.3) is 0 Å². The largest absolute Gasteiger partial charge is 0.326 e. The summed E-state index contributed by atoms with van der Waals surface area (Å²) in [6.07, 6.45) is 4.18. The van der Waals surface area contributed by atoms with Crippen molar-refractivity contribution in [1.82, 2.24) is 30.2 Å². The second-order valence-corrected chi connectivity index (χ2v) is 8.20. The summed E-state index contributed by atoms with van der Waals surface area (Å²) in [7, 11) is 0. The van der Waals surface area contributed by atoms with Gasteiger partial charge in [-0.3, -0.25) is 4.79 Å². The van der Waals surface area contributed by atoms with Crippen LogP contribution in [-0.2, 0) is 4.79 Å². The van der Waals surface area contributed by atoms with E-state index in [1.165, 1.54) is 0 Å². The van der Waals surface area contributed by atoms with Gasteiger partial charge in [-0.25, -0.2) is 19.9 Å². The van der Waals surface area contributed by atoms with E-state index in [1.54, 1.807) is 24.5 Å². The number of hydrogen-bond acceptors (Lipinski definition) is 9. The molecule has 0 aliphatic carbocycles. The van der Waals surface area contributed by atoms with Crippen LogP contribution in [0.15, 0.2) is 67.0 Å². The number of nitrogens with zero attached hydrogens (tertiary/aromatic N) is 5. The maximum Gasteiger partial charge on any atom is 0.229 e. The van der Waals surface area contributed by atoms with Gasteiger partial charge in [0.15, 0.2) is 5.82 Å². The molecule has 5 rings (SSSR count). The number of rotatable bonds is 7. The predicted molar refractivity (Wildman–Crippen MR) is 135 cm³/mol. The normalized spacial score (nSPS) is 14.9. The van der Waals surface area contributed by atoms with Gasteiger partial charge in [0, 0.05) is 36.0 Å². The fourth-order valence-electron chi connectivity index (χ4n) is 3.77. The van der Waals surface area contributed by atoms with Crippen molar-refractivity contribution in [3.8, 4) is 11.5 Å². The number of nitrogens with one attached hydrogen (secondary N) is 4. The quantitative estimate of drug-likeness (QED) is 0.322. The molecule has 176 valence electrons. The lowest BCUT2D eigenvalue weighted by molar-refractivity contribution is -0.119. The number of hydrogen-bond donors (Lipinski definition) is 4. The first-order valence-electron chi connectivity index (χ1n) is 11.4. The van der Waals surface area contributed by atoms with E-state index in [4.69, 9.17) is 0 Å². The maximum atomic E-state index is 12.4. The van der Waals surface area contributed by atoms with E-state index in [9.17, 15) is 4.79 Å². The molecule has 4 aromatic rings. The molecule has 0 saturated carbocycles. The fourth-order valence-corrected chi connectivity index (χ4v) is 3.77. The molecule has 1 saturated heterocycles. The Hall–Kier alpha value is -4.44. The van der Waals surface area contributed by atoms with Crippen molar-refractivity contribution in [3.63, 3.8) is 0 Å². The van der Waals surface area contributed by atoms with Crippen molar-refractivity contribution in [1.29, 1.82) is 0 Å². The molecular weight excluding hydrogens is 442 g/mol. The Morgan fingerprint density at radius 2 is 1.71 bits per heavy atom. The molecule has 0 spiro atoms. The monoisotopic (exact) mass is 467 g/mol. The minimum atomic E-state index is 0.00159. The lowest BCUT2D eigenvalue weighted by Crippen LogP contribution is -2.24. The number of pyridine rings is 1. The van der Waals surface area contributed by atoms with Gasteiger partial charge in [-0.1, -0.05) is 12.1 Å². The molecule has 4 N–H and O–H groups in total. The highest BCUT2D eigenvalue weighted by molar-refractivity contribution is 5.93. The highest BCUT2D eigenvalue weighted by Crippen LogP contribution is 2.21. The third kappa shape index (κ3) is 5.74. The van der Waals surface area contributed by atoms with Gasteiger partial charge >= 0.3 is 0 Å². The molecule has 1 aliphatic heterocycles. The molecule has 0 radical (unpaired) electrons. The van der Waals surface area contributed by atoms with Crippen molar-refractivity contribution in [3.05, 3.63) is 72.7 Å². The number of carbonyl (C=O) groups is 1. The zero-order valence-corrected chi connectivity index (χ0v) is 19.2. The Kier molecular flexibility index (Phi) is 6.53. The van der Waals surface area contributed by atoms with Crippen molar-refractivity contribution in [2.45, 2.75) is 13.3 Å². The third-order valence-corrected chi connectivity index (χ3v) is 5.50. The Balaban J connectivity index is 1.27. The number of anilines is 5. The van der Waals surface area contributed by atoms with Crippen LogP contribution in [0, 0.1) is 12.8 Å². The average molecular weight is 468 g/mol. The minimum Gasteiger partial charge on any atom is -0.326 e. The lowest BCUT2D eigenvalue weighted by Gasteiger charge is -2.12. The van der Waals surface area contributed by atoms with Gasteiger partial charge in [0.1, 0.15) is 17.3 Å². The van der Waals surface area contributed by atoms with E-state index >= 15 is 0 Å². The van der Waals surface area contributed by atoms with E-state index < -0.39 is 0 Å². The van der Waals surface area contributed by atoms with Crippen LogP contribution < -0.4 is 21.3 Å².